The molecule has 46 valence electrons. The van der Waals surface area contributed by atoms with Crippen LogP contribution in [0.1, 0.15) is 2.85 Å². The first kappa shape index (κ1) is 16.6. The van der Waals surface area contributed by atoms with E-state index in [2.05, 4.69) is 0 Å². The van der Waals surface area contributed by atoms with Gasteiger partial charge in [0.25, 0.3) is 0 Å². The quantitative estimate of drug-likeness (QED) is 0.369. The van der Waals surface area contributed by atoms with E-state index in [0.717, 1.165) is 0 Å². The number of rotatable bonds is 0. The van der Waals surface area contributed by atoms with E-state index < -0.39 is 7.82 Å². The van der Waals surface area contributed by atoms with Gasteiger partial charge in [-0.1, -0.05) is 0 Å². The van der Waals surface area contributed by atoms with Gasteiger partial charge in [-0.15, -0.1) is 0 Å². The molecule has 0 atom stereocenters. The third-order valence-corrected chi connectivity index (χ3v) is 0. The van der Waals surface area contributed by atoms with Crippen LogP contribution in [0.25, 0.3) is 0 Å². The molecule has 0 fully saturated rings. The zero-order chi connectivity index (χ0) is 6.50. The van der Waals surface area contributed by atoms with Gasteiger partial charge in [0.2, 0.25) is 0 Å². The van der Waals surface area contributed by atoms with Gasteiger partial charge in [-0.05, 0) is 0 Å². The van der Waals surface area contributed by atoms with E-state index in [1.807, 2.05) is 0 Å². The summed E-state index contributed by atoms with van der Waals surface area (Å²) in [7, 11) is -4.64. The average Bonchev–Trinajstić information content (AvgIpc) is 1.36. The molecule has 0 aromatic carbocycles. The van der Waals surface area contributed by atoms with E-state index in [0.29, 0.717) is 24.7 Å². The van der Waals surface area contributed by atoms with Crippen molar-refractivity contribution in [1.29, 1.82) is 0 Å². The molecule has 0 aliphatic carbocycles. The molecule has 0 rings (SSSR count). The Hall–Kier alpha value is 2.05. The van der Waals surface area contributed by atoms with E-state index in [-0.39, 0.29) is 40.6 Å². The van der Waals surface area contributed by atoms with Crippen molar-refractivity contribution in [2.24, 2.45) is 0 Å². The van der Waals surface area contributed by atoms with Crippen LogP contribution >= 0.6 is 7.82 Å². The second-order valence-corrected chi connectivity index (χ2v) is 1.54. The molecule has 8 heavy (non-hydrogen) atoms. The summed E-state index contributed by atoms with van der Waals surface area (Å²) in [6.07, 6.45) is 0. The van der Waals surface area contributed by atoms with Crippen molar-refractivity contribution in [2.75, 3.05) is 0 Å². The molecule has 0 unspecified atom stereocenters. The summed E-state index contributed by atoms with van der Waals surface area (Å²) in [6.45, 7) is 0. The molecule has 0 radical (unpaired) electrons. The van der Waals surface area contributed by atoms with Crippen LogP contribution in [0.4, 0.5) is 0 Å². The fourth-order valence-corrected chi connectivity index (χ4v) is 0. The standard InChI is InChI=1S/Ca.H3O4P.O.Zr.2H/c;1-5(2,3)4;;;;/h;(H3,1,2,3,4);;;;/q+2;;;;2*-1. The van der Waals surface area contributed by atoms with Crippen LogP contribution in [0.5, 0.6) is 0 Å². The van der Waals surface area contributed by atoms with Gasteiger partial charge < -0.3 is 17.5 Å². The van der Waals surface area contributed by atoms with Crippen LogP contribution in [-0.4, -0.2) is 52.4 Å². The van der Waals surface area contributed by atoms with Gasteiger partial charge in [0.1, 0.15) is 0 Å². The van der Waals surface area contributed by atoms with Crippen molar-refractivity contribution in [3.63, 3.8) is 0 Å². The van der Waals surface area contributed by atoms with Crippen molar-refractivity contribution < 1.29 is 49.6 Å². The average molecular weight is 247 g/mol. The van der Waals surface area contributed by atoms with E-state index in [9.17, 15) is 0 Å². The zero-order valence-electron chi connectivity index (χ0n) is 5.81. The molecule has 0 aliphatic heterocycles. The summed E-state index contributed by atoms with van der Waals surface area (Å²) in [5.41, 5.74) is 0. The van der Waals surface area contributed by atoms with Crippen LogP contribution in [-0.2, 0) is 32.1 Å². The van der Waals surface area contributed by atoms with Gasteiger partial charge in [-0.25, -0.2) is 4.57 Å². The summed E-state index contributed by atoms with van der Waals surface area (Å²) in [5.74, 6) is 0. The first-order valence-electron chi connectivity index (χ1n) is 0.987. The summed E-state index contributed by atoms with van der Waals surface area (Å²) in [4.78, 5) is 21.6. The van der Waals surface area contributed by atoms with Crippen LogP contribution in [0.15, 0.2) is 0 Å². The first-order valence-corrected chi connectivity index (χ1v) is 3.56. The fourth-order valence-electron chi connectivity index (χ4n) is 0. The first-order chi connectivity index (χ1) is 3.00. The molecule has 0 heterocycles. The second-order valence-electron chi connectivity index (χ2n) is 0.513. The topological polar surface area (TPSA) is 94.8 Å². The van der Waals surface area contributed by atoms with Crippen LogP contribution in [0.3, 0.4) is 0 Å². The summed E-state index contributed by atoms with van der Waals surface area (Å²) < 4.78 is 17.2. The summed E-state index contributed by atoms with van der Waals surface area (Å²) >= 11 is 0.300. The Morgan fingerprint density at radius 1 is 1.25 bits per heavy atom. The van der Waals surface area contributed by atoms with Gasteiger partial charge in [-0.2, -0.15) is 0 Å². The molecule has 3 N–H and O–H groups in total. The Balaban J connectivity index is -0.0000000154. The molecular formula is H5CaO5PZr. The third-order valence-electron chi connectivity index (χ3n) is 0. The van der Waals surface area contributed by atoms with Gasteiger partial charge in [0.05, 0.1) is 0 Å². The molecular weight excluding hydrogens is 242 g/mol. The molecule has 0 saturated heterocycles. The van der Waals surface area contributed by atoms with E-state index >= 15 is 0 Å². The van der Waals surface area contributed by atoms with Gasteiger partial charge in [-0.3, -0.25) is 0 Å². The summed E-state index contributed by atoms with van der Waals surface area (Å²) in [6, 6.07) is 0. The molecule has 0 aromatic rings. The van der Waals surface area contributed by atoms with Crippen molar-refractivity contribution in [2.45, 2.75) is 0 Å². The maximum atomic E-state index is 8.88. The van der Waals surface area contributed by atoms with Crippen LogP contribution in [0, 0.1) is 0 Å². The van der Waals surface area contributed by atoms with Crippen molar-refractivity contribution in [3.8, 4) is 0 Å². The van der Waals surface area contributed by atoms with Crippen molar-refractivity contribution in [3.05, 3.63) is 0 Å². The molecule has 8 heteroatoms. The van der Waals surface area contributed by atoms with Gasteiger partial charge in [0.15, 0.2) is 0 Å². The third kappa shape index (κ3) is 95.1. The Morgan fingerprint density at radius 3 is 1.25 bits per heavy atom. The Labute approximate surface area is 94.0 Å². The fraction of sp³-hybridized carbons (Fsp3) is 0. The normalized spacial score (nSPS) is 7.75. The van der Waals surface area contributed by atoms with E-state index in [1.54, 1.807) is 0 Å². The Morgan fingerprint density at radius 2 is 1.25 bits per heavy atom. The van der Waals surface area contributed by atoms with E-state index in [4.69, 9.17) is 22.1 Å². The van der Waals surface area contributed by atoms with E-state index in [1.165, 1.54) is 0 Å². The molecule has 0 amide bonds. The number of hydrogen-bond donors (Lipinski definition) is 3. The molecule has 0 saturated carbocycles. The molecule has 0 spiro atoms. The van der Waals surface area contributed by atoms with Gasteiger partial charge in [0, 0.05) is 0 Å². The second kappa shape index (κ2) is 9.05. The SMILES string of the molecule is O=P(O)(O)O.[Ca+2].[H-].[H-].[O]=[Zr]. The molecule has 5 nitrogen and oxygen atoms in total. The minimum absolute atomic E-state index is 0. The van der Waals surface area contributed by atoms with Crippen molar-refractivity contribution >= 4 is 45.6 Å². The van der Waals surface area contributed by atoms with Crippen LogP contribution in [0.2, 0.25) is 0 Å². The maximum absolute atomic E-state index is 8.88. The Kier molecular flexibility index (Phi) is 18.7. The minimum atomic E-state index is -4.64. The molecule has 0 aromatic heterocycles. The zero-order valence-corrected chi connectivity index (χ0v) is 9.37. The molecule has 0 bridgehead atoms. The number of phosphoric acid groups is 1. The van der Waals surface area contributed by atoms with Crippen molar-refractivity contribution in [1.82, 2.24) is 0 Å². The van der Waals surface area contributed by atoms with Gasteiger partial charge >= 0.3 is 73.1 Å². The summed E-state index contributed by atoms with van der Waals surface area (Å²) in [5, 5.41) is 0. The molecule has 0 aliphatic rings. The number of hydrogen-bond acceptors (Lipinski definition) is 2. The Bertz CT molecular complexity index is 75.5. The predicted octanol–water partition coefficient (Wildman–Crippen LogP) is -1.21. The van der Waals surface area contributed by atoms with Crippen LogP contribution < -0.4 is 0 Å². The monoisotopic (exact) mass is 246 g/mol. The predicted molar refractivity (Wildman–Crippen MR) is 22.9 cm³/mol.